The van der Waals surface area contributed by atoms with Crippen LogP contribution in [-0.4, -0.2) is 14.6 Å². The Bertz CT molecular complexity index is 922. The first-order valence-electron chi connectivity index (χ1n) is 7.28. The van der Waals surface area contributed by atoms with Gasteiger partial charge in [0.05, 0.1) is 11.9 Å². The van der Waals surface area contributed by atoms with Gasteiger partial charge in [-0.1, -0.05) is 60.2 Å². The van der Waals surface area contributed by atoms with E-state index in [1.807, 2.05) is 41.2 Å². The van der Waals surface area contributed by atoms with E-state index >= 15 is 0 Å². The van der Waals surface area contributed by atoms with Crippen LogP contribution in [0.1, 0.15) is 5.56 Å². The molecular formula is C19H15N3. The second-order valence-corrected chi connectivity index (χ2v) is 5.36. The molecule has 0 radical (unpaired) electrons. The highest BCUT2D eigenvalue weighted by Crippen LogP contribution is 2.26. The van der Waals surface area contributed by atoms with Crippen molar-refractivity contribution in [2.75, 3.05) is 0 Å². The Morgan fingerprint density at radius 2 is 1.59 bits per heavy atom. The maximum atomic E-state index is 4.55. The smallest absolute Gasteiger partial charge is 0.163 e. The van der Waals surface area contributed by atoms with Crippen molar-refractivity contribution in [2.24, 2.45) is 0 Å². The minimum Gasteiger partial charge on any atom is -0.236 e. The Morgan fingerprint density at radius 1 is 0.818 bits per heavy atom. The highest BCUT2D eigenvalue weighted by Gasteiger charge is 2.11. The van der Waals surface area contributed by atoms with Gasteiger partial charge in [-0.3, -0.25) is 0 Å². The Kier molecular flexibility index (Phi) is 2.97. The van der Waals surface area contributed by atoms with Gasteiger partial charge in [0.15, 0.2) is 5.65 Å². The number of aryl methyl sites for hydroxylation is 1. The summed E-state index contributed by atoms with van der Waals surface area (Å²) < 4.78 is 1.91. The third-order valence-electron chi connectivity index (χ3n) is 3.83. The van der Waals surface area contributed by atoms with Crippen molar-refractivity contribution in [3.05, 3.63) is 78.6 Å². The molecule has 4 aromatic rings. The van der Waals surface area contributed by atoms with Crippen molar-refractivity contribution in [1.29, 1.82) is 0 Å². The summed E-state index contributed by atoms with van der Waals surface area (Å²) in [5.41, 5.74) is 6.50. The van der Waals surface area contributed by atoms with Gasteiger partial charge in [-0.2, -0.15) is 5.10 Å². The van der Waals surface area contributed by atoms with Crippen molar-refractivity contribution >= 4 is 5.65 Å². The second kappa shape index (κ2) is 5.11. The lowest BCUT2D eigenvalue weighted by Gasteiger charge is -2.05. The van der Waals surface area contributed by atoms with Crippen LogP contribution < -0.4 is 0 Å². The van der Waals surface area contributed by atoms with Crippen molar-refractivity contribution in [3.63, 3.8) is 0 Å². The molecule has 2 heterocycles. The first kappa shape index (κ1) is 12.8. The molecule has 0 aliphatic carbocycles. The Labute approximate surface area is 128 Å². The van der Waals surface area contributed by atoms with E-state index in [9.17, 15) is 0 Å². The van der Waals surface area contributed by atoms with Crippen LogP contribution in [0.2, 0.25) is 0 Å². The van der Waals surface area contributed by atoms with Crippen LogP contribution in [0.3, 0.4) is 0 Å². The van der Waals surface area contributed by atoms with Crippen LogP contribution in [0.25, 0.3) is 28.0 Å². The minimum absolute atomic E-state index is 0.879. The Hall–Kier alpha value is -2.94. The van der Waals surface area contributed by atoms with Crippen molar-refractivity contribution in [3.8, 4) is 22.4 Å². The average Bonchev–Trinajstić information content (AvgIpc) is 3.00. The van der Waals surface area contributed by atoms with Crippen molar-refractivity contribution in [1.82, 2.24) is 14.6 Å². The third-order valence-corrected chi connectivity index (χ3v) is 3.83. The number of nitrogens with zero attached hydrogens (tertiary/aromatic N) is 3. The fraction of sp³-hybridized carbons (Fsp3) is 0.0526. The molecule has 22 heavy (non-hydrogen) atoms. The number of rotatable bonds is 2. The number of hydrogen-bond donors (Lipinski definition) is 0. The molecule has 0 unspecified atom stereocenters. The maximum Gasteiger partial charge on any atom is 0.163 e. The quantitative estimate of drug-likeness (QED) is 0.547. The molecule has 0 spiro atoms. The van der Waals surface area contributed by atoms with Crippen LogP contribution in [-0.2, 0) is 0 Å². The third kappa shape index (κ3) is 2.07. The number of aromatic nitrogens is 3. The molecule has 106 valence electrons. The average molecular weight is 285 g/mol. The summed E-state index contributed by atoms with van der Waals surface area (Å²) in [7, 11) is 0. The summed E-state index contributed by atoms with van der Waals surface area (Å²) >= 11 is 0. The Morgan fingerprint density at radius 3 is 2.36 bits per heavy atom. The molecule has 0 saturated carbocycles. The molecule has 3 nitrogen and oxygen atoms in total. The van der Waals surface area contributed by atoms with Gasteiger partial charge in [-0.05, 0) is 18.6 Å². The predicted octanol–water partition coefficient (Wildman–Crippen LogP) is 4.37. The van der Waals surface area contributed by atoms with E-state index in [0.29, 0.717) is 0 Å². The topological polar surface area (TPSA) is 30.2 Å². The fourth-order valence-corrected chi connectivity index (χ4v) is 2.66. The SMILES string of the molecule is Cc1ccc(-c2ccnc3c(-c4ccccc4)cnn23)cc1. The van der Waals surface area contributed by atoms with Crippen LogP contribution in [0.5, 0.6) is 0 Å². The van der Waals surface area contributed by atoms with Crippen LogP contribution >= 0.6 is 0 Å². The highest BCUT2D eigenvalue weighted by molar-refractivity contribution is 5.78. The normalized spacial score (nSPS) is 11.0. The molecule has 0 aliphatic heterocycles. The molecule has 0 fully saturated rings. The maximum absolute atomic E-state index is 4.55. The largest absolute Gasteiger partial charge is 0.236 e. The molecule has 0 amide bonds. The number of fused-ring (bicyclic) bond motifs is 1. The van der Waals surface area contributed by atoms with Gasteiger partial charge in [0.1, 0.15) is 0 Å². The zero-order chi connectivity index (χ0) is 14.9. The highest BCUT2D eigenvalue weighted by atomic mass is 15.3. The van der Waals surface area contributed by atoms with E-state index in [0.717, 1.165) is 28.0 Å². The van der Waals surface area contributed by atoms with Crippen LogP contribution in [0, 0.1) is 6.92 Å². The monoisotopic (exact) mass is 285 g/mol. The summed E-state index contributed by atoms with van der Waals surface area (Å²) in [6, 6.07) is 20.7. The van der Waals surface area contributed by atoms with Gasteiger partial charge >= 0.3 is 0 Å². The van der Waals surface area contributed by atoms with Gasteiger partial charge in [-0.15, -0.1) is 0 Å². The lowest BCUT2D eigenvalue weighted by molar-refractivity contribution is 0.948. The predicted molar refractivity (Wildman–Crippen MR) is 88.6 cm³/mol. The molecule has 2 aromatic carbocycles. The van der Waals surface area contributed by atoms with Crippen molar-refractivity contribution < 1.29 is 0 Å². The number of hydrogen-bond acceptors (Lipinski definition) is 2. The van der Waals surface area contributed by atoms with Gasteiger partial charge in [0.25, 0.3) is 0 Å². The Balaban J connectivity index is 1.92. The molecule has 3 heteroatoms. The van der Waals surface area contributed by atoms with E-state index in [1.165, 1.54) is 5.56 Å². The van der Waals surface area contributed by atoms with Crippen molar-refractivity contribution in [2.45, 2.75) is 6.92 Å². The molecule has 2 aromatic heterocycles. The van der Waals surface area contributed by atoms with Gasteiger partial charge in [0, 0.05) is 17.3 Å². The molecule has 0 N–H and O–H groups in total. The summed E-state index contributed by atoms with van der Waals surface area (Å²) in [5.74, 6) is 0. The summed E-state index contributed by atoms with van der Waals surface area (Å²) in [4.78, 5) is 4.52. The lowest BCUT2D eigenvalue weighted by atomic mass is 10.1. The molecule has 4 rings (SSSR count). The van der Waals surface area contributed by atoms with Crippen LogP contribution in [0.15, 0.2) is 73.1 Å². The molecule has 0 saturated heterocycles. The lowest BCUT2D eigenvalue weighted by Crippen LogP contribution is -1.95. The van der Waals surface area contributed by atoms with E-state index in [1.54, 1.807) is 0 Å². The summed E-state index contributed by atoms with van der Waals surface area (Å²) in [5, 5.41) is 4.55. The van der Waals surface area contributed by atoms with Gasteiger partial charge in [0.2, 0.25) is 0 Å². The number of benzene rings is 2. The molecule has 0 bridgehead atoms. The van der Waals surface area contributed by atoms with Crippen LogP contribution in [0.4, 0.5) is 0 Å². The summed E-state index contributed by atoms with van der Waals surface area (Å²) in [6.07, 6.45) is 3.73. The van der Waals surface area contributed by atoms with E-state index < -0.39 is 0 Å². The van der Waals surface area contributed by atoms with E-state index in [4.69, 9.17) is 0 Å². The first-order chi connectivity index (χ1) is 10.8. The summed E-state index contributed by atoms with van der Waals surface area (Å²) in [6.45, 7) is 2.09. The molecule has 0 aliphatic rings. The second-order valence-electron chi connectivity index (χ2n) is 5.36. The zero-order valence-electron chi connectivity index (χ0n) is 12.3. The van der Waals surface area contributed by atoms with E-state index in [2.05, 4.69) is 53.4 Å². The first-order valence-corrected chi connectivity index (χ1v) is 7.28. The van der Waals surface area contributed by atoms with Gasteiger partial charge in [-0.25, -0.2) is 9.50 Å². The standard InChI is InChI=1S/C19H15N3/c1-14-7-9-16(10-8-14)18-11-12-20-19-17(13-21-22(18)19)15-5-3-2-4-6-15/h2-13H,1H3. The zero-order valence-corrected chi connectivity index (χ0v) is 12.3. The molecular weight excluding hydrogens is 270 g/mol. The van der Waals surface area contributed by atoms with Gasteiger partial charge < -0.3 is 0 Å². The van der Waals surface area contributed by atoms with E-state index in [-0.39, 0.29) is 0 Å². The minimum atomic E-state index is 0.879. The molecule has 0 atom stereocenters. The fourth-order valence-electron chi connectivity index (χ4n) is 2.66.